The molecule has 19 heavy (non-hydrogen) atoms. The van der Waals surface area contributed by atoms with Crippen LogP contribution in [0.25, 0.3) is 0 Å². The minimum Gasteiger partial charge on any atom is -0.338 e. The van der Waals surface area contributed by atoms with Gasteiger partial charge in [-0.1, -0.05) is 12.1 Å². The Bertz CT molecular complexity index is 407. The van der Waals surface area contributed by atoms with Crippen LogP contribution in [0.15, 0.2) is 4.52 Å². The first-order valence-electron chi connectivity index (χ1n) is 6.35. The standard InChI is InChI=1S/C12H22N4OS.ClH/c1-8-9(2)18-6-5-16(8)7-10-14-11(15-17-10)12(3,4)13;/h8-9H,5-7,13H2,1-4H3;1H. The van der Waals surface area contributed by atoms with Crippen molar-refractivity contribution in [3.05, 3.63) is 11.7 Å². The number of hydrogen-bond acceptors (Lipinski definition) is 6. The molecule has 2 heterocycles. The van der Waals surface area contributed by atoms with Crippen molar-refractivity contribution in [1.29, 1.82) is 0 Å². The second-order valence-corrected chi connectivity index (χ2v) is 7.01. The van der Waals surface area contributed by atoms with Crippen molar-refractivity contribution in [2.75, 3.05) is 12.3 Å². The zero-order valence-corrected chi connectivity index (χ0v) is 13.6. The van der Waals surface area contributed by atoms with Crippen molar-refractivity contribution < 1.29 is 4.52 Å². The van der Waals surface area contributed by atoms with Crippen LogP contribution in [-0.4, -0.2) is 38.6 Å². The van der Waals surface area contributed by atoms with Crippen molar-refractivity contribution in [3.8, 4) is 0 Å². The molecule has 1 aromatic heterocycles. The molecule has 0 amide bonds. The second kappa shape index (κ2) is 6.43. The van der Waals surface area contributed by atoms with Gasteiger partial charge in [0.15, 0.2) is 5.82 Å². The Morgan fingerprint density at radius 2 is 2.16 bits per heavy atom. The largest absolute Gasteiger partial charge is 0.338 e. The minimum atomic E-state index is -0.543. The van der Waals surface area contributed by atoms with Gasteiger partial charge >= 0.3 is 0 Å². The Labute approximate surface area is 125 Å². The number of nitrogens with two attached hydrogens (primary N) is 1. The number of thioether (sulfide) groups is 1. The van der Waals surface area contributed by atoms with Crippen LogP contribution in [0, 0.1) is 0 Å². The highest BCUT2D eigenvalue weighted by atomic mass is 35.5. The fourth-order valence-corrected chi connectivity index (χ4v) is 3.14. The van der Waals surface area contributed by atoms with Gasteiger partial charge in [-0.15, -0.1) is 12.4 Å². The highest BCUT2D eigenvalue weighted by Gasteiger charge is 2.27. The second-order valence-electron chi connectivity index (χ2n) is 5.52. The number of aromatic nitrogens is 2. The lowest BCUT2D eigenvalue weighted by atomic mass is 10.1. The summed E-state index contributed by atoms with van der Waals surface area (Å²) in [5.74, 6) is 2.40. The highest BCUT2D eigenvalue weighted by Crippen LogP contribution is 2.25. The van der Waals surface area contributed by atoms with E-state index in [1.165, 1.54) is 0 Å². The Balaban J connectivity index is 0.00000180. The molecule has 0 spiro atoms. The van der Waals surface area contributed by atoms with E-state index in [1.807, 2.05) is 25.6 Å². The number of hydrogen-bond donors (Lipinski definition) is 1. The van der Waals surface area contributed by atoms with Crippen LogP contribution < -0.4 is 5.73 Å². The van der Waals surface area contributed by atoms with Crippen molar-refractivity contribution >= 4 is 24.2 Å². The maximum atomic E-state index is 5.95. The van der Waals surface area contributed by atoms with Crippen LogP contribution in [0.2, 0.25) is 0 Å². The molecule has 2 atom stereocenters. The monoisotopic (exact) mass is 306 g/mol. The summed E-state index contributed by atoms with van der Waals surface area (Å²) in [5.41, 5.74) is 5.41. The third-order valence-electron chi connectivity index (χ3n) is 3.40. The maximum absolute atomic E-state index is 5.95. The fourth-order valence-electron chi connectivity index (χ4n) is 1.97. The fraction of sp³-hybridized carbons (Fsp3) is 0.833. The number of rotatable bonds is 3. The Kier molecular flexibility index (Phi) is 5.67. The summed E-state index contributed by atoms with van der Waals surface area (Å²) >= 11 is 2.02. The van der Waals surface area contributed by atoms with E-state index in [-0.39, 0.29) is 12.4 Å². The van der Waals surface area contributed by atoms with Crippen LogP contribution in [0.4, 0.5) is 0 Å². The van der Waals surface area contributed by atoms with Crippen molar-refractivity contribution in [3.63, 3.8) is 0 Å². The smallest absolute Gasteiger partial charge is 0.240 e. The van der Waals surface area contributed by atoms with E-state index >= 15 is 0 Å². The molecule has 0 aliphatic carbocycles. The summed E-state index contributed by atoms with van der Waals surface area (Å²) in [4.78, 5) is 6.77. The van der Waals surface area contributed by atoms with Gasteiger partial charge in [-0.3, -0.25) is 4.90 Å². The van der Waals surface area contributed by atoms with Crippen molar-refractivity contribution in [1.82, 2.24) is 15.0 Å². The first-order valence-corrected chi connectivity index (χ1v) is 7.40. The summed E-state index contributed by atoms with van der Waals surface area (Å²) in [7, 11) is 0. The van der Waals surface area contributed by atoms with E-state index in [2.05, 4.69) is 28.9 Å². The lowest BCUT2D eigenvalue weighted by Crippen LogP contribution is -2.44. The maximum Gasteiger partial charge on any atom is 0.240 e. The van der Waals surface area contributed by atoms with Gasteiger partial charge in [0, 0.05) is 23.6 Å². The number of halogens is 1. The lowest BCUT2D eigenvalue weighted by molar-refractivity contribution is 0.178. The first kappa shape index (κ1) is 16.8. The van der Waals surface area contributed by atoms with E-state index in [9.17, 15) is 0 Å². The summed E-state index contributed by atoms with van der Waals surface area (Å²) in [5, 5.41) is 4.60. The van der Waals surface area contributed by atoms with Gasteiger partial charge in [0.2, 0.25) is 5.89 Å². The average Bonchev–Trinajstić information content (AvgIpc) is 2.73. The topological polar surface area (TPSA) is 68.2 Å². The molecule has 1 aliphatic heterocycles. The molecular weight excluding hydrogens is 284 g/mol. The van der Waals surface area contributed by atoms with Gasteiger partial charge in [-0.05, 0) is 20.8 Å². The molecule has 110 valence electrons. The molecule has 1 aromatic rings. The normalized spacial score (nSPS) is 25.1. The molecule has 0 aromatic carbocycles. The predicted octanol–water partition coefficient (Wildman–Crippen LogP) is 2.01. The summed E-state index contributed by atoms with van der Waals surface area (Å²) in [6, 6.07) is 0.532. The molecule has 7 heteroatoms. The van der Waals surface area contributed by atoms with E-state index in [0.29, 0.717) is 23.0 Å². The van der Waals surface area contributed by atoms with Crippen molar-refractivity contribution in [2.45, 2.75) is 51.1 Å². The summed E-state index contributed by atoms with van der Waals surface area (Å²) in [6.07, 6.45) is 0. The molecule has 2 N–H and O–H groups in total. The van der Waals surface area contributed by atoms with Crippen LogP contribution in [0.1, 0.15) is 39.4 Å². The molecule has 1 fully saturated rings. The van der Waals surface area contributed by atoms with E-state index in [1.54, 1.807) is 0 Å². The zero-order chi connectivity index (χ0) is 13.3. The molecule has 1 aliphatic rings. The molecule has 0 bridgehead atoms. The third kappa shape index (κ3) is 4.08. The average molecular weight is 307 g/mol. The Morgan fingerprint density at radius 3 is 2.74 bits per heavy atom. The number of nitrogens with zero attached hydrogens (tertiary/aromatic N) is 3. The summed E-state index contributed by atoms with van der Waals surface area (Å²) in [6.45, 7) is 10.1. The van der Waals surface area contributed by atoms with Gasteiger partial charge in [0.1, 0.15) is 0 Å². The predicted molar refractivity (Wildman–Crippen MR) is 80.6 cm³/mol. The van der Waals surface area contributed by atoms with Crippen LogP contribution in [0.5, 0.6) is 0 Å². The highest BCUT2D eigenvalue weighted by molar-refractivity contribution is 8.00. The minimum absolute atomic E-state index is 0. The third-order valence-corrected chi connectivity index (χ3v) is 4.74. The quantitative estimate of drug-likeness (QED) is 0.921. The molecule has 2 rings (SSSR count). The van der Waals surface area contributed by atoms with E-state index in [4.69, 9.17) is 10.3 Å². The lowest BCUT2D eigenvalue weighted by Gasteiger charge is -2.36. The summed E-state index contributed by atoms with van der Waals surface area (Å²) < 4.78 is 5.29. The molecule has 0 radical (unpaired) electrons. The molecule has 5 nitrogen and oxygen atoms in total. The van der Waals surface area contributed by atoms with Gasteiger partial charge in [-0.25, -0.2) is 0 Å². The zero-order valence-electron chi connectivity index (χ0n) is 11.9. The molecular formula is C12H23ClN4OS. The van der Waals surface area contributed by atoms with Crippen LogP contribution in [0.3, 0.4) is 0 Å². The van der Waals surface area contributed by atoms with Gasteiger partial charge in [-0.2, -0.15) is 16.7 Å². The molecule has 2 unspecified atom stereocenters. The Morgan fingerprint density at radius 1 is 1.47 bits per heavy atom. The van der Waals surface area contributed by atoms with Crippen molar-refractivity contribution in [2.24, 2.45) is 5.73 Å². The van der Waals surface area contributed by atoms with Gasteiger partial charge in [0.05, 0.1) is 12.1 Å². The molecule has 1 saturated heterocycles. The SMILES string of the molecule is CC1SCCN(Cc2nc(C(C)(C)N)no2)C1C.Cl. The Hall–Kier alpha value is -0.300. The van der Waals surface area contributed by atoms with E-state index in [0.717, 1.165) is 18.8 Å². The van der Waals surface area contributed by atoms with Crippen LogP contribution >= 0.6 is 24.2 Å². The van der Waals surface area contributed by atoms with Gasteiger partial charge in [0.25, 0.3) is 0 Å². The van der Waals surface area contributed by atoms with E-state index < -0.39 is 5.54 Å². The first-order chi connectivity index (χ1) is 8.38. The molecule has 0 saturated carbocycles. The van der Waals surface area contributed by atoms with Gasteiger partial charge < -0.3 is 10.3 Å². The van der Waals surface area contributed by atoms with Crippen LogP contribution in [-0.2, 0) is 12.1 Å².